The van der Waals surface area contributed by atoms with Gasteiger partial charge in [-0.25, -0.2) is 0 Å². The van der Waals surface area contributed by atoms with Gasteiger partial charge in [0.25, 0.3) is 5.69 Å². The van der Waals surface area contributed by atoms with Crippen LogP contribution in [0.1, 0.15) is 36.1 Å². The number of aliphatic hydroxyl groups excluding tert-OH is 2. The number of rotatable bonds is 10. The average molecular weight is 469 g/mol. The highest BCUT2D eigenvalue weighted by molar-refractivity contribution is 5.84. The van der Waals surface area contributed by atoms with E-state index in [4.69, 9.17) is 0 Å². The van der Waals surface area contributed by atoms with Gasteiger partial charge in [-0.3, -0.25) is 10.1 Å². The van der Waals surface area contributed by atoms with Crippen molar-refractivity contribution in [3.8, 4) is 0 Å². The molecule has 0 amide bonds. The van der Waals surface area contributed by atoms with Crippen molar-refractivity contribution in [2.45, 2.75) is 31.6 Å². The van der Waals surface area contributed by atoms with Crippen LogP contribution in [0.5, 0.6) is 0 Å². The number of nitro groups is 1. The van der Waals surface area contributed by atoms with Crippen LogP contribution in [0, 0.1) is 10.1 Å². The zero-order valence-corrected chi connectivity index (χ0v) is 19.2. The first-order valence-corrected chi connectivity index (χ1v) is 10.7. The molecule has 0 aromatic heterocycles. The van der Waals surface area contributed by atoms with Crippen LogP contribution < -0.4 is 17.7 Å². The lowest BCUT2D eigenvalue weighted by atomic mass is 9.95. The van der Waals surface area contributed by atoms with E-state index in [1.165, 1.54) is 12.1 Å². The van der Waals surface area contributed by atoms with Gasteiger partial charge in [0.15, 0.2) is 0 Å². The van der Waals surface area contributed by atoms with E-state index in [1.807, 2.05) is 72.9 Å². The van der Waals surface area contributed by atoms with E-state index in [2.05, 4.69) is 0 Å². The first-order valence-electron chi connectivity index (χ1n) is 10.7. The number of benzene rings is 3. The molecule has 0 spiro atoms. The van der Waals surface area contributed by atoms with Gasteiger partial charge in [-0.15, -0.1) is 0 Å². The van der Waals surface area contributed by atoms with Gasteiger partial charge in [0.2, 0.25) is 0 Å². The third-order valence-electron chi connectivity index (χ3n) is 5.49. The molecule has 0 fully saturated rings. The molecule has 0 radical (unpaired) electrons. The number of nitro benzene ring substituents is 1. The molecule has 0 aliphatic heterocycles. The van der Waals surface area contributed by atoms with Gasteiger partial charge in [0.1, 0.15) is 12.1 Å². The van der Waals surface area contributed by atoms with Crippen molar-refractivity contribution in [3.05, 3.63) is 112 Å². The van der Waals surface area contributed by atoms with Gasteiger partial charge >= 0.3 is 0 Å². The zero-order valence-electron chi connectivity index (χ0n) is 18.4. The van der Waals surface area contributed by atoms with Gasteiger partial charge in [-0.1, -0.05) is 72.8 Å². The largest absolute Gasteiger partial charge is 1.00 e. The van der Waals surface area contributed by atoms with Crippen LogP contribution >= 0.6 is 0 Å². The molecule has 7 heteroatoms. The van der Waals surface area contributed by atoms with Gasteiger partial charge < -0.3 is 27.9 Å². The highest BCUT2D eigenvalue weighted by Crippen LogP contribution is 2.25. The summed E-state index contributed by atoms with van der Waals surface area (Å²) in [4.78, 5) is 10.7. The second-order valence-electron chi connectivity index (χ2n) is 7.86. The van der Waals surface area contributed by atoms with E-state index in [-0.39, 0.29) is 24.1 Å². The number of hydrogen-bond acceptors (Lipinski definition) is 4. The van der Waals surface area contributed by atoms with Gasteiger partial charge in [0, 0.05) is 18.6 Å². The number of aliphatic hydroxyl groups is 2. The number of nitrogens with two attached hydrogens (primary N) is 1. The van der Waals surface area contributed by atoms with E-state index in [0.717, 1.165) is 11.1 Å². The number of halogens is 1. The molecule has 3 aromatic carbocycles. The Morgan fingerprint density at radius 1 is 1.00 bits per heavy atom. The predicted octanol–water partition coefficient (Wildman–Crippen LogP) is 0.576. The van der Waals surface area contributed by atoms with Crippen molar-refractivity contribution in [3.63, 3.8) is 0 Å². The van der Waals surface area contributed by atoms with E-state index in [9.17, 15) is 20.3 Å². The Morgan fingerprint density at radius 3 is 2.27 bits per heavy atom. The van der Waals surface area contributed by atoms with Crippen LogP contribution in [0.4, 0.5) is 5.69 Å². The summed E-state index contributed by atoms with van der Waals surface area (Å²) in [5, 5.41) is 34.7. The maximum absolute atomic E-state index is 11.1. The molecule has 6 nitrogen and oxygen atoms in total. The molecule has 3 aromatic rings. The minimum absolute atomic E-state index is 0. The molecule has 174 valence electrons. The number of hydrogen-bond donors (Lipinski definition) is 3. The van der Waals surface area contributed by atoms with Crippen molar-refractivity contribution in [1.29, 1.82) is 0 Å². The fraction of sp³-hybridized carbons (Fsp3) is 0.231. The lowest BCUT2D eigenvalue weighted by Crippen LogP contribution is -3.00. The summed E-state index contributed by atoms with van der Waals surface area (Å²) < 4.78 is 0. The smallest absolute Gasteiger partial charge is 0.270 e. The molecule has 33 heavy (non-hydrogen) atoms. The van der Waals surface area contributed by atoms with Crippen LogP contribution in [0.25, 0.3) is 11.6 Å². The quantitative estimate of drug-likeness (QED) is 0.230. The number of quaternary nitrogens is 1. The van der Waals surface area contributed by atoms with Crippen LogP contribution in [-0.2, 0) is 0 Å². The van der Waals surface area contributed by atoms with Crippen molar-refractivity contribution in [2.24, 2.45) is 0 Å². The third-order valence-corrected chi connectivity index (χ3v) is 5.49. The molecule has 3 atom stereocenters. The molecular formula is C26H29ClN2O4. The average Bonchev–Trinajstić information content (AvgIpc) is 2.83. The summed E-state index contributed by atoms with van der Waals surface area (Å²) in [5.41, 5.74) is 3.11. The van der Waals surface area contributed by atoms with Crippen LogP contribution in [0.2, 0.25) is 0 Å². The highest BCUT2D eigenvalue weighted by Gasteiger charge is 2.20. The standard InChI is InChI=1S/C26H28N2O4.ClH/c1-19(26(30)22-12-6-3-7-13-22)27-16-15-25(29)24(21-10-4-2-5-11-21)18-20-9-8-14-23(17-20)28(31)32;/h2-14,17-19,25-27,29-30H,15-16H2,1H3;1H/b24-18-;. The maximum Gasteiger partial charge on any atom is 0.270 e. The molecule has 3 unspecified atom stereocenters. The highest BCUT2D eigenvalue weighted by atomic mass is 35.5. The van der Waals surface area contributed by atoms with E-state index in [0.29, 0.717) is 24.1 Å². The zero-order chi connectivity index (χ0) is 22.9. The first-order chi connectivity index (χ1) is 15.5. The summed E-state index contributed by atoms with van der Waals surface area (Å²) in [6, 6.07) is 25.4. The monoisotopic (exact) mass is 468 g/mol. The molecule has 0 saturated heterocycles. The minimum Gasteiger partial charge on any atom is -1.00 e. The molecule has 0 bridgehead atoms. The fourth-order valence-corrected chi connectivity index (χ4v) is 3.67. The summed E-state index contributed by atoms with van der Waals surface area (Å²) in [5.74, 6) is 0. The Bertz CT molecular complexity index is 1040. The Kier molecular flexibility index (Phi) is 10.2. The second-order valence-corrected chi connectivity index (χ2v) is 7.86. The van der Waals surface area contributed by atoms with Gasteiger partial charge in [0.05, 0.1) is 17.6 Å². The van der Waals surface area contributed by atoms with Crippen LogP contribution in [0.3, 0.4) is 0 Å². The van der Waals surface area contributed by atoms with Crippen LogP contribution in [0.15, 0.2) is 84.9 Å². The Labute approximate surface area is 200 Å². The molecule has 0 aliphatic carbocycles. The summed E-state index contributed by atoms with van der Waals surface area (Å²) in [6.07, 6.45) is 0.924. The topological polar surface area (TPSA) is 100 Å². The maximum atomic E-state index is 11.1. The molecule has 4 N–H and O–H groups in total. The molecule has 0 aliphatic rings. The van der Waals surface area contributed by atoms with E-state index >= 15 is 0 Å². The van der Waals surface area contributed by atoms with Crippen molar-refractivity contribution >= 4 is 17.3 Å². The Hall–Kier alpha value is -3.03. The van der Waals surface area contributed by atoms with Crippen molar-refractivity contribution in [2.75, 3.05) is 6.54 Å². The molecule has 3 rings (SSSR count). The van der Waals surface area contributed by atoms with Crippen molar-refractivity contribution < 1.29 is 32.9 Å². The molecule has 0 heterocycles. The SMILES string of the molecule is CC([NH2+]CCC(O)/C(=C\c1cccc([N+](=O)[O-])c1)c1ccccc1)C(O)c1ccccc1.[Cl-]. The van der Waals surface area contributed by atoms with Gasteiger partial charge in [-0.2, -0.15) is 0 Å². The normalized spacial score (nSPS) is 14.1. The third kappa shape index (κ3) is 7.51. The van der Waals surface area contributed by atoms with E-state index in [1.54, 1.807) is 18.2 Å². The molecular weight excluding hydrogens is 440 g/mol. The number of non-ortho nitro benzene ring substituents is 1. The Morgan fingerprint density at radius 2 is 1.64 bits per heavy atom. The molecule has 0 saturated carbocycles. The Balaban J connectivity index is 0.00000385. The second kappa shape index (κ2) is 12.9. The van der Waals surface area contributed by atoms with Crippen molar-refractivity contribution in [1.82, 2.24) is 0 Å². The summed E-state index contributed by atoms with van der Waals surface area (Å²) >= 11 is 0. The van der Waals surface area contributed by atoms with E-state index < -0.39 is 17.1 Å². The predicted molar refractivity (Wildman–Crippen MR) is 126 cm³/mol. The van der Waals surface area contributed by atoms with Crippen LogP contribution in [-0.4, -0.2) is 33.8 Å². The number of nitrogens with zero attached hydrogens (tertiary/aromatic N) is 1. The summed E-state index contributed by atoms with van der Waals surface area (Å²) in [6.45, 7) is 2.58. The van der Waals surface area contributed by atoms with Gasteiger partial charge in [-0.05, 0) is 35.3 Å². The lowest BCUT2D eigenvalue weighted by molar-refractivity contribution is -0.695. The minimum atomic E-state index is -0.756. The lowest BCUT2D eigenvalue weighted by Gasteiger charge is -2.20. The first kappa shape index (κ1) is 26.2. The summed E-state index contributed by atoms with van der Waals surface area (Å²) in [7, 11) is 0. The fourth-order valence-electron chi connectivity index (χ4n) is 3.67.